The summed E-state index contributed by atoms with van der Waals surface area (Å²) in [4.78, 5) is 28.0. The van der Waals surface area contributed by atoms with Gasteiger partial charge in [-0.25, -0.2) is 0 Å². The van der Waals surface area contributed by atoms with Gasteiger partial charge in [0.1, 0.15) is 0 Å². The fourth-order valence-electron chi connectivity index (χ4n) is 3.13. The number of hydrogen-bond donors (Lipinski definition) is 0. The highest BCUT2D eigenvalue weighted by Crippen LogP contribution is 2.38. The minimum absolute atomic E-state index is 0.113. The van der Waals surface area contributed by atoms with Gasteiger partial charge in [0.25, 0.3) is 11.8 Å². The number of benzene rings is 1. The smallest absolute Gasteiger partial charge is 0.267 e. The first-order valence-corrected chi connectivity index (χ1v) is 10.7. The van der Waals surface area contributed by atoms with Crippen molar-refractivity contribution in [2.45, 2.75) is 71.5 Å². The van der Waals surface area contributed by atoms with Gasteiger partial charge in [-0.3, -0.25) is 14.5 Å². The summed E-state index contributed by atoms with van der Waals surface area (Å²) < 4.78 is 0. The molecule has 2 amide bonds. The molecule has 0 saturated carbocycles. The zero-order valence-corrected chi connectivity index (χ0v) is 17.3. The van der Waals surface area contributed by atoms with Crippen molar-refractivity contribution in [3.8, 4) is 0 Å². The second-order valence-electron chi connectivity index (χ2n) is 7.27. The van der Waals surface area contributed by atoms with E-state index in [1.807, 2.05) is 31.2 Å². The van der Waals surface area contributed by atoms with Crippen LogP contribution in [0.2, 0.25) is 0 Å². The molecule has 0 atom stereocenters. The van der Waals surface area contributed by atoms with Crippen LogP contribution in [-0.4, -0.2) is 28.5 Å². The van der Waals surface area contributed by atoms with Crippen LogP contribution in [0.15, 0.2) is 29.2 Å². The lowest BCUT2D eigenvalue weighted by atomic mass is 10.0. The summed E-state index contributed by atoms with van der Waals surface area (Å²) in [5, 5.41) is 0.260. The SMILES string of the molecule is CCCCCCCCN1C(=O)C(SC(C)C)=C(c2ccc(C)cc2)C1=O. The van der Waals surface area contributed by atoms with Gasteiger partial charge >= 0.3 is 0 Å². The third kappa shape index (κ3) is 5.23. The van der Waals surface area contributed by atoms with Crippen LogP contribution < -0.4 is 0 Å². The maximum absolute atomic E-state index is 13.0. The third-order valence-corrected chi connectivity index (χ3v) is 5.64. The molecule has 0 bridgehead atoms. The molecule has 0 unspecified atom stereocenters. The number of unbranched alkanes of at least 4 members (excludes halogenated alkanes) is 5. The Balaban J connectivity index is 2.12. The quantitative estimate of drug-likeness (QED) is 0.397. The first-order valence-electron chi connectivity index (χ1n) is 9.79. The number of aryl methyl sites for hydroxylation is 1. The van der Waals surface area contributed by atoms with Crippen molar-refractivity contribution in [2.75, 3.05) is 6.54 Å². The lowest BCUT2D eigenvalue weighted by Crippen LogP contribution is -2.32. The van der Waals surface area contributed by atoms with E-state index in [1.54, 1.807) is 0 Å². The molecule has 0 N–H and O–H groups in total. The second-order valence-corrected chi connectivity index (χ2v) is 8.85. The predicted octanol–water partition coefficient (Wildman–Crippen LogP) is 5.58. The molecular weight excluding hydrogens is 342 g/mol. The standard InChI is InChI=1S/C22H31NO2S/c1-5-6-7-8-9-10-15-23-21(24)19(18-13-11-17(4)12-14-18)20(22(23)25)26-16(2)3/h11-14,16H,5-10,15H2,1-4H3. The minimum atomic E-state index is -0.129. The highest BCUT2D eigenvalue weighted by atomic mass is 32.2. The highest BCUT2D eigenvalue weighted by Gasteiger charge is 2.39. The van der Waals surface area contributed by atoms with E-state index in [-0.39, 0.29) is 17.1 Å². The van der Waals surface area contributed by atoms with Crippen molar-refractivity contribution < 1.29 is 9.59 Å². The Hall–Kier alpha value is -1.55. The number of imide groups is 1. The topological polar surface area (TPSA) is 37.4 Å². The van der Waals surface area contributed by atoms with Gasteiger partial charge in [0.2, 0.25) is 0 Å². The van der Waals surface area contributed by atoms with Gasteiger partial charge in [0.05, 0.1) is 10.5 Å². The van der Waals surface area contributed by atoms with E-state index in [0.29, 0.717) is 17.0 Å². The van der Waals surface area contributed by atoms with Gasteiger partial charge < -0.3 is 0 Å². The van der Waals surface area contributed by atoms with E-state index < -0.39 is 0 Å². The molecule has 1 heterocycles. The van der Waals surface area contributed by atoms with Crippen LogP contribution in [0, 0.1) is 6.92 Å². The van der Waals surface area contributed by atoms with Crippen molar-refractivity contribution in [1.82, 2.24) is 4.90 Å². The first kappa shape index (κ1) is 20.8. The average molecular weight is 374 g/mol. The Morgan fingerprint density at radius 1 is 0.923 bits per heavy atom. The normalized spacial score (nSPS) is 14.9. The molecule has 0 aliphatic carbocycles. The van der Waals surface area contributed by atoms with Crippen LogP contribution in [0.4, 0.5) is 0 Å². The van der Waals surface area contributed by atoms with Gasteiger partial charge in [-0.15, -0.1) is 11.8 Å². The highest BCUT2D eigenvalue weighted by molar-refractivity contribution is 8.04. The van der Waals surface area contributed by atoms with E-state index in [9.17, 15) is 9.59 Å². The average Bonchev–Trinajstić information content (AvgIpc) is 2.82. The van der Waals surface area contributed by atoms with Crippen molar-refractivity contribution in [2.24, 2.45) is 0 Å². The zero-order valence-electron chi connectivity index (χ0n) is 16.5. The van der Waals surface area contributed by atoms with E-state index in [0.717, 1.165) is 24.0 Å². The molecule has 142 valence electrons. The number of thioether (sulfide) groups is 1. The molecule has 0 saturated heterocycles. The van der Waals surface area contributed by atoms with Gasteiger partial charge in [0.15, 0.2) is 0 Å². The summed E-state index contributed by atoms with van der Waals surface area (Å²) in [7, 11) is 0. The van der Waals surface area contributed by atoms with Crippen LogP contribution in [-0.2, 0) is 9.59 Å². The fourth-order valence-corrected chi connectivity index (χ4v) is 4.13. The Bertz CT molecular complexity index is 661. The monoisotopic (exact) mass is 373 g/mol. The van der Waals surface area contributed by atoms with Crippen LogP contribution in [0.3, 0.4) is 0 Å². The maximum atomic E-state index is 13.0. The molecule has 1 aliphatic rings. The fraction of sp³-hybridized carbons (Fsp3) is 0.545. The Labute approximate surface area is 162 Å². The van der Waals surface area contributed by atoms with E-state index in [4.69, 9.17) is 0 Å². The van der Waals surface area contributed by atoms with E-state index in [1.165, 1.54) is 42.3 Å². The number of carbonyl (C=O) groups excluding carboxylic acids is 2. The number of rotatable bonds is 10. The lowest BCUT2D eigenvalue weighted by Gasteiger charge is -2.15. The molecule has 26 heavy (non-hydrogen) atoms. The van der Waals surface area contributed by atoms with Crippen LogP contribution in [0.25, 0.3) is 5.57 Å². The van der Waals surface area contributed by atoms with Crippen LogP contribution in [0.5, 0.6) is 0 Å². The first-order chi connectivity index (χ1) is 12.5. The zero-order chi connectivity index (χ0) is 19.1. The lowest BCUT2D eigenvalue weighted by molar-refractivity contribution is -0.136. The predicted molar refractivity (Wildman–Crippen MR) is 111 cm³/mol. The van der Waals surface area contributed by atoms with Crippen molar-refractivity contribution in [3.05, 3.63) is 40.3 Å². The summed E-state index contributed by atoms with van der Waals surface area (Å²) in [5.74, 6) is -0.242. The largest absolute Gasteiger partial charge is 0.274 e. The molecule has 0 spiro atoms. The summed E-state index contributed by atoms with van der Waals surface area (Å²) in [6, 6.07) is 7.89. The Kier molecular flexibility index (Phi) is 7.95. The molecule has 1 aromatic carbocycles. The number of nitrogens with zero attached hydrogens (tertiary/aromatic N) is 1. The minimum Gasteiger partial charge on any atom is -0.274 e. The van der Waals surface area contributed by atoms with Crippen molar-refractivity contribution in [3.63, 3.8) is 0 Å². The third-order valence-electron chi connectivity index (χ3n) is 4.55. The molecule has 0 radical (unpaired) electrons. The molecule has 3 nitrogen and oxygen atoms in total. The molecule has 0 fully saturated rings. The summed E-state index contributed by atoms with van der Waals surface area (Å²) in [6.45, 7) is 8.86. The Morgan fingerprint density at radius 2 is 1.54 bits per heavy atom. The number of carbonyl (C=O) groups is 2. The van der Waals surface area contributed by atoms with Crippen LogP contribution >= 0.6 is 11.8 Å². The molecule has 4 heteroatoms. The van der Waals surface area contributed by atoms with Crippen LogP contribution in [0.1, 0.15) is 70.4 Å². The van der Waals surface area contributed by atoms with E-state index >= 15 is 0 Å². The number of amides is 2. The second kappa shape index (κ2) is 9.96. The Morgan fingerprint density at radius 3 is 2.15 bits per heavy atom. The summed E-state index contributed by atoms with van der Waals surface area (Å²) >= 11 is 1.50. The molecule has 1 aromatic rings. The van der Waals surface area contributed by atoms with E-state index in [2.05, 4.69) is 20.8 Å². The summed E-state index contributed by atoms with van der Waals surface area (Å²) in [5.41, 5.74) is 2.58. The maximum Gasteiger partial charge on any atom is 0.267 e. The molecular formula is C22H31NO2S. The van der Waals surface area contributed by atoms with Gasteiger partial charge in [0, 0.05) is 11.8 Å². The van der Waals surface area contributed by atoms with Gasteiger partial charge in [-0.2, -0.15) is 0 Å². The van der Waals surface area contributed by atoms with Gasteiger partial charge in [-0.1, -0.05) is 82.7 Å². The molecule has 1 aliphatic heterocycles. The van der Waals surface area contributed by atoms with Crippen molar-refractivity contribution in [1.29, 1.82) is 0 Å². The summed E-state index contributed by atoms with van der Waals surface area (Å²) in [6.07, 6.45) is 6.86. The van der Waals surface area contributed by atoms with Crippen molar-refractivity contribution >= 4 is 29.1 Å². The molecule has 0 aromatic heterocycles. The number of hydrogen-bond acceptors (Lipinski definition) is 3. The molecule has 2 rings (SSSR count). The van der Waals surface area contributed by atoms with Gasteiger partial charge in [-0.05, 0) is 18.9 Å².